The van der Waals surface area contributed by atoms with Crippen LogP contribution in [0.5, 0.6) is 0 Å². The van der Waals surface area contributed by atoms with E-state index in [2.05, 4.69) is 31.3 Å². The van der Waals surface area contributed by atoms with E-state index >= 15 is 0 Å². The predicted octanol–water partition coefficient (Wildman–Crippen LogP) is 4.10. The monoisotopic (exact) mass is 418 g/mol. The number of amides is 1. The van der Waals surface area contributed by atoms with Crippen LogP contribution in [0.15, 0.2) is 66.7 Å². The number of ether oxygens (including phenoxy) is 2. The van der Waals surface area contributed by atoms with E-state index in [1.165, 1.54) is 0 Å². The predicted molar refractivity (Wildman–Crippen MR) is 122 cm³/mol. The third-order valence-corrected chi connectivity index (χ3v) is 5.64. The molecule has 0 unspecified atom stereocenters. The summed E-state index contributed by atoms with van der Waals surface area (Å²) in [5.41, 5.74) is 9.25. The number of carbonyl (C=O) groups is 1. The van der Waals surface area contributed by atoms with Crippen LogP contribution in [0.4, 0.5) is 0 Å². The number of nitrogens with two attached hydrogens (primary N) is 1. The topological polar surface area (TPSA) is 73.6 Å². The van der Waals surface area contributed by atoms with E-state index in [0.717, 1.165) is 27.5 Å². The minimum Gasteiger partial charge on any atom is -0.351 e. The van der Waals surface area contributed by atoms with E-state index < -0.39 is 6.04 Å². The molecule has 0 spiro atoms. The zero-order chi connectivity index (χ0) is 21.8. The van der Waals surface area contributed by atoms with E-state index in [1.807, 2.05) is 54.6 Å². The van der Waals surface area contributed by atoms with Gasteiger partial charge in [0.25, 0.3) is 0 Å². The molecule has 4 rings (SSSR count). The Bertz CT molecular complexity index is 1040. The fourth-order valence-electron chi connectivity index (χ4n) is 3.89. The van der Waals surface area contributed by atoms with Crippen LogP contribution < -0.4 is 11.1 Å². The number of benzene rings is 3. The summed E-state index contributed by atoms with van der Waals surface area (Å²) in [6, 6.07) is 21.5. The molecule has 1 atom stereocenters. The van der Waals surface area contributed by atoms with Crippen LogP contribution >= 0.6 is 0 Å². The summed E-state index contributed by atoms with van der Waals surface area (Å²) in [5, 5.41) is 5.15. The summed E-state index contributed by atoms with van der Waals surface area (Å²) < 4.78 is 12.0. The first kappa shape index (κ1) is 21.5. The fraction of sp³-hybridized carbons (Fsp3) is 0.346. The zero-order valence-corrected chi connectivity index (χ0v) is 18.1. The van der Waals surface area contributed by atoms with Crippen molar-refractivity contribution < 1.29 is 14.3 Å². The number of nitrogens with one attached hydrogen (secondary N) is 1. The number of hydrogen-bond donors (Lipinski definition) is 2. The van der Waals surface area contributed by atoms with Crippen LogP contribution in [-0.4, -0.2) is 25.2 Å². The highest BCUT2D eigenvalue weighted by Gasteiger charge is 2.30. The quantitative estimate of drug-likeness (QED) is 0.632. The molecule has 3 aromatic carbocycles. The van der Waals surface area contributed by atoms with Crippen molar-refractivity contribution in [3.8, 4) is 0 Å². The Hall–Kier alpha value is -2.73. The summed E-state index contributed by atoms with van der Waals surface area (Å²) in [5.74, 6) is -0.154. The lowest BCUT2D eigenvalue weighted by molar-refractivity contribution is -0.225. The maximum atomic E-state index is 12.6. The first-order valence-electron chi connectivity index (χ1n) is 10.7. The van der Waals surface area contributed by atoms with Gasteiger partial charge in [0.2, 0.25) is 5.91 Å². The van der Waals surface area contributed by atoms with Gasteiger partial charge in [-0.2, -0.15) is 0 Å². The lowest BCUT2D eigenvalue weighted by atomic mass is 9.94. The molecule has 5 heteroatoms. The highest BCUT2D eigenvalue weighted by molar-refractivity contribution is 5.89. The molecule has 0 saturated carbocycles. The zero-order valence-electron chi connectivity index (χ0n) is 18.1. The number of fused-ring (bicyclic) bond motifs is 1. The van der Waals surface area contributed by atoms with Gasteiger partial charge in [-0.3, -0.25) is 4.79 Å². The Kier molecular flexibility index (Phi) is 6.37. The molecule has 5 nitrogen and oxygen atoms in total. The number of hydrogen-bond acceptors (Lipinski definition) is 4. The van der Waals surface area contributed by atoms with Gasteiger partial charge in [0.15, 0.2) is 6.29 Å². The van der Waals surface area contributed by atoms with E-state index in [0.29, 0.717) is 26.2 Å². The molecule has 3 N–H and O–H groups in total. The number of carbonyl (C=O) groups excluding carboxylic acids is 1. The first-order valence-corrected chi connectivity index (χ1v) is 10.7. The smallest absolute Gasteiger partial charge is 0.237 e. The maximum absolute atomic E-state index is 12.6. The van der Waals surface area contributed by atoms with Crippen molar-refractivity contribution in [1.29, 1.82) is 0 Å². The molecule has 0 radical (unpaired) electrons. The van der Waals surface area contributed by atoms with Gasteiger partial charge in [-0.05, 0) is 28.3 Å². The molecule has 3 aromatic rings. The maximum Gasteiger partial charge on any atom is 0.237 e. The van der Waals surface area contributed by atoms with Gasteiger partial charge < -0.3 is 20.5 Å². The fourth-order valence-corrected chi connectivity index (χ4v) is 3.89. The second kappa shape index (κ2) is 9.18. The molecular weight excluding hydrogens is 388 g/mol. The Morgan fingerprint density at radius 1 is 1.00 bits per heavy atom. The van der Waals surface area contributed by atoms with E-state index in [9.17, 15) is 4.79 Å². The summed E-state index contributed by atoms with van der Waals surface area (Å²) in [6.07, 6.45) is 0.139. The van der Waals surface area contributed by atoms with Crippen molar-refractivity contribution in [3.63, 3.8) is 0 Å². The SMILES string of the molecule is CC1(C)COC(c2ccc(CNC(=O)[C@H](N)Cc3ccccc3)c3ccccc23)OC1. The standard InChI is InChI=1S/C26H30N2O3/c1-26(2)16-30-25(31-17-26)22-13-12-19(20-10-6-7-11-21(20)22)15-28-24(29)23(27)14-18-8-4-3-5-9-18/h3-13,23,25H,14-17,27H2,1-2H3,(H,28,29)/t23-/m1/s1. The van der Waals surface area contributed by atoms with Crippen LogP contribution in [0.3, 0.4) is 0 Å². The minimum absolute atomic E-state index is 0.0229. The third-order valence-electron chi connectivity index (χ3n) is 5.64. The van der Waals surface area contributed by atoms with Gasteiger partial charge in [0.05, 0.1) is 19.3 Å². The molecule has 1 saturated heterocycles. The van der Waals surface area contributed by atoms with Crippen molar-refractivity contribution in [3.05, 3.63) is 83.4 Å². The lowest BCUT2D eigenvalue weighted by Gasteiger charge is -2.35. The van der Waals surface area contributed by atoms with E-state index in [-0.39, 0.29) is 17.6 Å². The second-order valence-corrected chi connectivity index (χ2v) is 8.99. The van der Waals surface area contributed by atoms with Gasteiger partial charge in [-0.25, -0.2) is 0 Å². The van der Waals surface area contributed by atoms with Crippen LogP contribution in [0.25, 0.3) is 10.8 Å². The van der Waals surface area contributed by atoms with Gasteiger partial charge in [-0.1, -0.05) is 80.6 Å². The van der Waals surface area contributed by atoms with Crippen molar-refractivity contribution >= 4 is 16.7 Å². The Labute approximate surface area is 183 Å². The molecular formula is C26H30N2O3. The molecule has 162 valence electrons. The molecule has 1 aliphatic heterocycles. The van der Waals surface area contributed by atoms with E-state index in [1.54, 1.807) is 0 Å². The second-order valence-electron chi connectivity index (χ2n) is 8.99. The largest absolute Gasteiger partial charge is 0.351 e. The normalized spacial score (nSPS) is 17.4. The Balaban J connectivity index is 1.47. The van der Waals surface area contributed by atoms with Gasteiger partial charge in [0, 0.05) is 17.5 Å². The van der Waals surface area contributed by atoms with Gasteiger partial charge in [0.1, 0.15) is 0 Å². The van der Waals surface area contributed by atoms with Crippen LogP contribution in [-0.2, 0) is 27.2 Å². The summed E-state index contributed by atoms with van der Waals surface area (Å²) in [6.45, 7) is 6.00. The molecule has 1 aliphatic rings. The summed E-state index contributed by atoms with van der Waals surface area (Å²) >= 11 is 0. The molecule has 1 amide bonds. The van der Waals surface area contributed by atoms with Crippen molar-refractivity contribution in [2.75, 3.05) is 13.2 Å². The highest BCUT2D eigenvalue weighted by Crippen LogP contribution is 2.35. The first-order chi connectivity index (χ1) is 14.9. The molecule has 0 aromatic heterocycles. The van der Waals surface area contributed by atoms with Crippen molar-refractivity contribution in [1.82, 2.24) is 5.32 Å². The molecule has 1 heterocycles. The van der Waals surface area contributed by atoms with Gasteiger partial charge >= 0.3 is 0 Å². The molecule has 0 bridgehead atoms. The van der Waals surface area contributed by atoms with Crippen LogP contribution in [0.1, 0.15) is 36.8 Å². The lowest BCUT2D eigenvalue weighted by Crippen LogP contribution is -2.41. The summed E-state index contributed by atoms with van der Waals surface area (Å²) in [4.78, 5) is 12.6. The van der Waals surface area contributed by atoms with Crippen LogP contribution in [0, 0.1) is 5.41 Å². The van der Waals surface area contributed by atoms with Crippen molar-refractivity contribution in [2.24, 2.45) is 11.1 Å². The Morgan fingerprint density at radius 2 is 1.65 bits per heavy atom. The van der Waals surface area contributed by atoms with Crippen molar-refractivity contribution in [2.45, 2.75) is 39.1 Å². The average molecular weight is 419 g/mol. The Morgan fingerprint density at radius 3 is 2.35 bits per heavy atom. The minimum atomic E-state index is -0.583. The highest BCUT2D eigenvalue weighted by atomic mass is 16.7. The summed E-state index contributed by atoms with van der Waals surface area (Å²) in [7, 11) is 0. The molecule has 0 aliphatic carbocycles. The van der Waals surface area contributed by atoms with E-state index in [4.69, 9.17) is 15.2 Å². The molecule has 1 fully saturated rings. The third kappa shape index (κ3) is 5.13. The molecule has 31 heavy (non-hydrogen) atoms. The average Bonchev–Trinajstić information content (AvgIpc) is 2.78. The number of rotatable bonds is 6. The van der Waals surface area contributed by atoms with Gasteiger partial charge in [-0.15, -0.1) is 0 Å². The van der Waals surface area contributed by atoms with Crippen LogP contribution in [0.2, 0.25) is 0 Å².